The number of hydrogen-bond acceptors (Lipinski definition) is 4. The first-order valence-corrected chi connectivity index (χ1v) is 9.37. The van der Waals surface area contributed by atoms with E-state index < -0.39 is 0 Å². The molecule has 21 heavy (non-hydrogen) atoms. The molecular formula is C17H31N3S. The topological polar surface area (TPSA) is 37.8 Å². The monoisotopic (exact) mass is 309 g/mol. The number of hydrogen-bond donors (Lipinski definition) is 1. The molecule has 0 spiro atoms. The Morgan fingerprint density at radius 3 is 2.62 bits per heavy atom. The molecule has 0 bridgehead atoms. The second kappa shape index (κ2) is 7.68. The van der Waals surface area contributed by atoms with Gasteiger partial charge in [0.25, 0.3) is 0 Å². The zero-order valence-corrected chi connectivity index (χ0v) is 15.0. The Kier molecular flexibility index (Phi) is 6.18. The summed E-state index contributed by atoms with van der Waals surface area (Å²) in [5, 5.41) is 8.20. The van der Waals surface area contributed by atoms with Gasteiger partial charge in [0.05, 0.1) is 10.6 Å². The van der Waals surface area contributed by atoms with Crippen molar-refractivity contribution in [1.82, 2.24) is 14.9 Å². The smallest absolute Gasteiger partial charge is 0.0829 e. The van der Waals surface area contributed by atoms with Crippen molar-refractivity contribution >= 4 is 11.5 Å². The van der Waals surface area contributed by atoms with E-state index in [0.717, 1.165) is 24.3 Å². The van der Waals surface area contributed by atoms with Gasteiger partial charge in [0.1, 0.15) is 0 Å². The van der Waals surface area contributed by atoms with Gasteiger partial charge in [-0.15, -0.1) is 5.10 Å². The van der Waals surface area contributed by atoms with Crippen molar-refractivity contribution in [3.05, 3.63) is 10.6 Å². The highest BCUT2D eigenvalue weighted by molar-refractivity contribution is 7.05. The van der Waals surface area contributed by atoms with Gasteiger partial charge in [-0.2, -0.15) is 0 Å². The number of aromatic nitrogens is 2. The summed E-state index contributed by atoms with van der Waals surface area (Å²) in [6.45, 7) is 12.6. The standard InChI is InChI=1S/C17H31N3S/c1-6-9-18-16(14-8-7-12(4)13(5)10-14)17-15(11(2)3)19-20-21-17/h11-14,16,18H,6-10H2,1-5H3. The third-order valence-electron chi connectivity index (χ3n) is 5.09. The number of rotatable bonds is 6. The van der Waals surface area contributed by atoms with E-state index in [4.69, 9.17) is 0 Å². The molecular weight excluding hydrogens is 278 g/mol. The summed E-state index contributed by atoms with van der Waals surface area (Å²) in [4.78, 5) is 1.39. The van der Waals surface area contributed by atoms with Crippen molar-refractivity contribution in [1.29, 1.82) is 0 Å². The minimum atomic E-state index is 0.456. The fourth-order valence-electron chi connectivity index (χ4n) is 3.49. The van der Waals surface area contributed by atoms with Crippen LogP contribution in [0.2, 0.25) is 0 Å². The molecule has 0 amide bonds. The quantitative estimate of drug-likeness (QED) is 0.822. The van der Waals surface area contributed by atoms with E-state index in [0.29, 0.717) is 12.0 Å². The average Bonchev–Trinajstić information content (AvgIpc) is 2.92. The lowest BCUT2D eigenvalue weighted by Crippen LogP contribution is -2.33. The molecule has 3 nitrogen and oxygen atoms in total. The highest BCUT2D eigenvalue weighted by Gasteiger charge is 2.33. The van der Waals surface area contributed by atoms with Crippen molar-refractivity contribution < 1.29 is 0 Å². The van der Waals surface area contributed by atoms with Gasteiger partial charge in [-0.1, -0.05) is 45.5 Å². The van der Waals surface area contributed by atoms with Gasteiger partial charge in [-0.3, -0.25) is 0 Å². The largest absolute Gasteiger partial charge is 0.309 e. The van der Waals surface area contributed by atoms with E-state index in [1.807, 2.05) is 0 Å². The first-order valence-electron chi connectivity index (χ1n) is 8.60. The van der Waals surface area contributed by atoms with Gasteiger partial charge < -0.3 is 5.32 Å². The Morgan fingerprint density at radius 1 is 1.24 bits per heavy atom. The van der Waals surface area contributed by atoms with Gasteiger partial charge in [0.2, 0.25) is 0 Å². The van der Waals surface area contributed by atoms with E-state index in [9.17, 15) is 0 Å². The van der Waals surface area contributed by atoms with Crippen LogP contribution in [-0.4, -0.2) is 16.1 Å². The Bertz CT molecular complexity index is 429. The highest BCUT2D eigenvalue weighted by Crippen LogP contribution is 2.42. The summed E-state index contributed by atoms with van der Waals surface area (Å²) < 4.78 is 4.25. The second-order valence-corrected chi connectivity index (χ2v) is 7.92. The second-order valence-electron chi connectivity index (χ2n) is 7.14. The molecule has 4 unspecified atom stereocenters. The van der Waals surface area contributed by atoms with E-state index in [-0.39, 0.29) is 0 Å². The van der Waals surface area contributed by atoms with Gasteiger partial charge in [-0.25, -0.2) is 0 Å². The molecule has 1 aromatic heterocycles. The molecule has 4 heteroatoms. The fraction of sp³-hybridized carbons (Fsp3) is 0.882. The summed E-state index contributed by atoms with van der Waals surface area (Å²) in [5.41, 5.74) is 1.21. The first-order chi connectivity index (χ1) is 10.0. The predicted octanol–water partition coefficient (Wildman–Crippen LogP) is 4.77. The van der Waals surface area contributed by atoms with Crippen LogP contribution in [0.5, 0.6) is 0 Å². The van der Waals surface area contributed by atoms with Crippen molar-refractivity contribution in [2.45, 2.75) is 72.3 Å². The Morgan fingerprint density at radius 2 is 2.00 bits per heavy atom. The normalized spacial score (nSPS) is 28.0. The van der Waals surface area contributed by atoms with Gasteiger partial charge in [0.15, 0.2) is 0 Å². The lowest BCUT2D eigenvalue weighted by Gasteiger charge is -2.37. The van der Waals surface area contributed by atoms with Crippen LogP contribution in [0.3, 0.4) is 0 Å². The summed E-state index contributed by atoms with van der Waals surface area (Å²) >= 11 is 1.61. The molecule has 0 saturated heterocycles. The molecule has 1 saturated carbocycles. The Balaban J connectivity index is 2.19. The molecule has 0 aromatic carbocycles. The average molecular weight is 310 g/mol. The molecule has 2 rings (SSSR count). The first kappa shape index (κ1) is 16.9. The van der Waals surface area contributed by atoms with Crippen LogP contribution in [-0.2, 0) is 0 Å². The van der Waals surface area contributed by atoms with Crippen LogP contribution < -0.4 is 5.32 Å². The minimum absolute atomic E-state index is 0.456. The predicted molar refractivity (Wildman–Crippen MR) is 90.7 cm³/mol. The van der Waals surface area contributed by atoms with E-state index >= 15 is 0 Å². The van der Waals surface area contributed by atoms with Crippen LogP contribution in [0.4, 0.5) is 0 Å². The molecule has 1 aromatic rings. The Hall–Kier alpha value is -0.480. The van der Waals surface area contributed by atoms with Gasteiger partial charge in [-0.05, 0) is 61.0 Å². The van der Waals surface area contributed by atoms with Crippen LogP contribution in [0, 0.1) is 17.8 Å². The van der Waals surface area contributed by atoms with Crippen LogP contribution in [0.25, 0.3) is 0 Å². The molecule has 120 valence electrons. The summed E-state index contributed by atoms with van der Waals surface area (Å²) in [6, 6.07) is 0.456. The van der Waals surface area contributed by atoms with Crippen molar-refractivity contribution in [3.8, 4) is 0 Å². The molecule has 1 fully saturated rings. The molecule has 1 heterocycles. The third kappa shape index (κ3) is 4.04. The number of nitrogens with zero attached hydrogens (tertiary/aromatic N) is 2. The Labute approximate surface area is 134 Å². The third-order valence-corrected chi connectivity index (χ3v) is 5.92. The minimum Gasteiger partial charge on any atom is -0.309 e. The highest BCUT2D eigenvalue weighted by atomic mass is 32.1. The van der Waals surface area contributed by atoms with Gasteiger partial charge in [0, 0.05) is 6.04 Å². The van der Waals surface area contributed by atoms with Crippen molar-refractivity contribution in [2.24, 2.45) is 17.8 Å². The van der Waals surface area contributed by atoms with Crippen molar-refractivity contribution in [2.75, 3.05) is 6.54 Å². The van der Waals surface area contributed by atoms with Crippen LogP contribution in [0.15, 0.2) is 0 Å². The van der Waals surface area contributed by atoms with E-state index in [1.165, 1.54) is 36.3 Å². The molecule has 0 aliphatic heterocycles. The molecule has 4 atom stereocenters. The zero-order chi connectivity index (χ0) is 15.4. The SMILES string of the molecule is CCCNC(c1snnc1C(C)C)C1CCC(C)C(C)C1. The summed E-state index contributed by atoms with van der Waals surface area (Å²) in [5.74, 6) is 2.91. The summed E-state index contributed by atoms with van der Waals surface area (Å²) in [6.07, 6.45) is 5.21. The molecule has 1 aliphatic rings. The van der Waals surface area contributed by atoms with Crippen molar-refractivity contribution in [3.63, 3.8) is 0 Å². The fourth-order valence-corrected chi connectivity index (χ4v) is 4.46. The summed E-state index contributed by atoms with van der Waals surface area (Å²) in [7, 11) is 0. The lowest BCUT2D eigenvalue weighted by molar-refractivity contribution is 0.172. The van der Waals surface area contributed by atoms with Crippen LogP contribution >= 0.6 is 11.5 Å². The maximum Gasteiger partial charge on any atom is 0.0829 e. The lowest BCUT2D eigenvalue weighted by atomic mass is 9.72. The maximum absolute atomic E-state index is 4.40. The molecule has 0 radical (unpaired) electrons. The van der Waals surface area contributed by atoms with E-state index in [1.54, 1.807) is 11.5 Å². The zero-order valence-electron chi connectivity index (χ0n) is 14.2. The number of nitrogens with one attached hydrogen (secondary N) is 1. The molecule has 1 N–H and O–H groups in total. The van der Waals surface area contributed by atoms with Crippen LogP contribution in [0.1, 0.15) is 82.8 Å². The molecule has 1 aliphatic carbocycles. The van der Waals surface area contributed by atoms with Gasteiger partial charge >= 0.3 is 0 Å². The van der Waals surface area contributed by atoms with E-state index in [2.05, 4.69) is 49.5 Å². The maximum atomic E-state index is 4.40.